The van der Waals surface area contributed by atoms with Gasteiger partial charge in [0.2, 0.25) is 12.6 Å². The van der Waals surface area contributed by atoms with Crippen LogP contribution in [-0.2, 0) is 6.18 Å². The fourth-order valence-corrected chi connectivity index (χ4v) is 2.92. The van der Waals surface area contributed by atoms with Crippen molar-refractivity contribution in [3.63, 3.8) is 0 Å². The predicted molar refractivity (Wildman–Crippen MR) is 95.6 cm³/mol. The minimum atomic E-state index is -4.50. The molecule has 0 saturated carbocycles. The van der Waals surface area contributed by atoms with Crippen LogP contribution < -0.4 is 15.2 Å². The van der Waals surface area contributed by atoms with E-state index >= 15 is 0 Å². The lowest BCUT2D eigenvalue weighted by molar-refractivity contribution is -0.137. The summed E-state index contributed by atoms with van der Waals surface area (Å²) in [6, 6.07) is 9.68. The number of nitrogen functional groups attached to an aromatic ring is 1. The van der Waals surface area contributed by atoms with Gasteiger partial charge in [-0.05, 0) is 36.4 Å². The van der Waals surface area contributed by atoms with E-state index in [4.69, 9.17) is 19.7 Å². The number of aromatic nitrogens is 5. The highest BCUT2D eigenvalue weighted by Crippen LogP contribution is 2.36. The third kappa shape index (κ3) is 2.98. The summed E-state index contributed by atoms with van der Waals surface area (Å²) in [7, 11) is 0. The third-order valence-corrected chi connectivity index (χ3v) is 4.38. The Morgan fingerprint density at radius 3 is 2.70 bits per heavy atom. The van der Waals surface area contributed by atoms with Crippen LogP contribution in [0, 0.1) is 0 Å². The van der Waals surface area contributed by atoms with Crippen LogP contribution in [0.3, 0.4) is 0 Å². The quantitative estimate of drug-likeness (QED) is 0.541. The molecule has 2 aromatic heterocycles. The lowest BCUT2D eigenvalue weighted by Crippen LogP contribution is -2.08. The van der Waals surface area contributed by atoms with Crippen molar-refractivity contribution in [2.75, 3.05) is 12.5 Å². The average molecular weight is 416 g/mol. The molecule has 0 atom stereocenters. The highest BCUT2D eigenvalue weighted by molar-refractivity contribution is 5.67. The van der Waals surface area contributed by atoms with Gasteiger partial charge in [0.15, 0.2) is 23.0 Å². The van der Waals surface area contributed by atoms with Gasteiger partial charge in [0.05, 0.1) is 11.3 Å². The van der Waals surface area contributed by atoms with Crippen molar-refractivity contribution >= 4 is 5.82 Å². The molecule has 30 heavy (non-hydrogen) atoms. The van der Waals surface area contributed by atoms with E-state index in [2.05, 4.69) is 20.5 Å². The van der Waals surface area contributed by atoms with Gasteiger partial charge < -0.3 is 19.7 Å². The number of hydrogen-bond donors (Lipinski definition) is 1. The Labute approximate surface area is 165 Å². The number of halogens is 3. The molecule has 3 heterocycles. The number of fused-ring (bicyclic) bond motifs is 1. The predicted octanol–water partition coefficient (Wildman–Crippen LogP) is 3.31. The lowest BCUT2D eigenvalue weighted by atomic mass is 10.2. The summed E-state index contributed by atoms with van der Waals surface area (Å²) in [5, 5.41) is 11.6. The summed E-state index contributed by atoms with van der Waals surface area (Å²) in [4.78, 5) is 4.25. The molecule has 2 aromatic carbocycles. The minimum Gasteiger partial charge on any atom is -0.454 e. The highest BCUT2D eigenvalue weighted by Gasteiger charge is 2.31. The van der Waals surface area contributed by atoms with Crippen LogP contribution in [0.25, 0.3) is 28.7 Å². The van der Waals surface area contributed by atoms with Gasteiger partial charge in [0.1, 0.15) is 0 Å². The van der Waals surface area contributed by atoms with Gasteiger partial charge >= 0.3 is 6.18 Å². The first kappa shape index (κ1) is 18.0. The van der Waals surface area contributed by atoms with Gasteiger partial charge in [-0.15, -0.1) is 5.10 Å². The molecule has 0 amide bonds. The van der Waals surface area contributed by atoms with Gasteiger partial charge in [-0.3, -0.25) is 0 Å². The Balaban J connectivity index is 1.48. The molecule has 0 fully saturated rings. The molecular formula is C18H11F3N6O3. The standard InChI is InChI=1S/C18H11F3N6O3/c19-18(20,21)10-2-1-3-11(7-10)27-15(22)14(24-26-27)17-23-16(25-30-17)9-4-5-12-13(6-9)29-8-28-12/h1-7H,8,22H2. The van der Waals surface area contributed by atoms with Gasteiger partial charge in [-0.1, -0.05) is 16.4 Å². The van der Waals surface area contributed by atoms with Crippen molar-refractivity contribution in [1.82, 2.24) is 25.1 Å². The highest BCUT2D eigenvalue weighted by atomic mass is 19.4. The number of hydrogen-bond acceptors (Lipinski definition) is 8. The molecule has 9 nitrogen and oxygen atoms in total. The summed E-state index contributed by atoms with van der Waals surface area (Å²) in [5.74, 6) is 1.33. The number of nitrogens with two attached hydrogens (primary N) is 1. The monoisotopic (exact) mass is 416 g/mol. The average Bonchev–Trinajstić information content (AvgIpc) is 3.46. The fourth-order valence-electron chi connectivity index (χ4n) is 2.92. The topological polar surface area (TPSA) is 114 Å². The second kappa shape index (κ2) is 6.47. The zero-order valence-electron chi connectivity index (χ0n) is 14.9. The Morgan fingerprint density at radius 1 is 1.03 bits per heavy atom. The first-order chi connectivity index (χ1) is 14.4. The molecule has 2 N–H and O–H groups in total. The lowest BCUT2D eigenvalue weighted by Gasteiger charge is -2.09. The number of benzene rings is 2. The Bertz CT molecular complexity index is 1250. The van der Waals surface area contributed by atoms with Gasteiger partial charge in [-0.2, -0.15) is 22.8 Å². The summed E-state index contributed by atoms with van der Waals surface area (Å²) in [6.07, 6.45) is -4.50. The molecule has 152 valence electrons. The first-order valence-corrected chi connectivity index (χ1v) is 8.53. The van der Waals surface area contributed by atoms with Gasteiger partial charge in [0, 0.05) is 5.56 Å². The maximum Gasteiger partial charge on any atom is 0.416 e. The Hall–Kier alpha value is -4.09. The van der Waals surface area contributed by atoms with E-state index in [0.29, 0.717) is 17.1 Å². The van der Waals surface area contributed by atoms with Crippen molar-refractivity contribution in [1.29, 1.82) is 0 Å². The molecule has 0 radical (unpaired) electrons. The first-order valence-electron chi connectivity index (χ1n) is 8.53. The van der Waals surface area contributed by atoms with Crippen LogP contribution in [0.4, 0.5) is 19.0 Å². The van der Waals surface area contributed by atoms with E-state index in [1.807, 2.05) is 0 Å². The minimum absolute atomic E-state index is 0.0293. The van der Waals surface area contributed by atoms with Crippen molar-refractivity contribution in [2.45, 2.75) is 6.18 Å². The smallest absolute Gasteiger partial charge is 0.416 e. The van der Waals surface area contributed by atoms with Crippen LogP contribution in [0.1, 0.15) is 5.56 Å². The van der Waals surface area contributed by atoms with Crippen molar-refractivity contribution in [2.24, 2.45) is 0 Å². The molecule has 1 aliphatic heterocycles. The summed E-state index contributed by atoms with van der Waals surface area (Å²) >= 11 is 0. The molecule has 0 aliphatic carbocycles. The van der Waals surface area contributed by atoms with Crippen LogP contribution in [0.2, 0.25) is 0 Å². The van der Waals surface area contributed by atoms with E-state index < -0.39 is 11.7 Å². The normalized spacial score (nSPS) is 13.0. The van der Waals surface area contributed by atoms with E-state index in [1.54, 1.807) is 18.2 Å². The number of nitrogens with zero attached hydrogens (tertiary/aromatic N) is 5. The maximum absolute atomic E-state index is 13.0. The number of rotatable bonds is 3. The molecule has 0 unspecified atom stereocenters. The molecule has 4 aromatic rings. The molecule has 0 bridgehead atoms. The van der Waals surface area contributed by atoms with Crippen LogP contribution in [0.5, 0.6) is 11.5 Å². The van der Waals surface area contributed by atoms with Gasteiger partial charge in [0.25, 0.3) is 5.89 Å². The Kier molecular flexibility index (Phi) is 3.88. The summed E-state index contributed by atoms with van der Waals surface area (Å²) < 4.78 is 55.8. The fraction of sp³-hybridized carbons (Fsp3) is 0.111. The second-order valence-corrected chi connectivity index (χ2v) is 6.27. The van der Waals surface area contributed by atoms with Crippen molar-refractivity contribution < 1.29 is 27.2 Å². The SMILES string of the molecule is Nc1c(-c2nc(-c3ccc4c(c3)OCO4)no2)nnn1-c1cccc(C(F)(F)F)c1. The van der Waals surface area contributed by atoms with E-state index in [-0.39, 0.29) is 35.7 Å². The molecule has 12 heteroatoms. The van der Waals surface area contributed by atoms with E-state index in [9.17, 15) is 13.2 Å². The van der Waals surface area contributed by atoms with Crippen molar-refractivity contribution in [3.8, 4) is 40.2 Å². The van der Waals surface area contributed by atoms with Crippen LogP contribution >= 0.6 is 0 Å². The largest absolute Gasteiger partial charge is 0.454 e. The van der Waals surface area contributed by atoms with E-state index in [0.717, 1.165) is 16.8 Å². The van der Waals surface area contributed by atoms with Gasteiger partial charge in [-0.25, -0.2) is 0 Å². The summed E-state index contributed by atoms with van der Waals surface area (Å²) in [5.41, 5.74) is 5.96. The zero-order chi connectivity index (χ0) is 20.9. The van der Waals surface area contributed by atoms with Crippen LogP contribution in [-0.4, -0.2) is 31.9 Å². The Morgan fingerprint density at radius 2 is 1.87 bits per heavy atom. The number of alkyl halides is 3. The molecular weight excluding hydrogens is 405 g/mol. The zero-order valence-corrected chi connectivity index (χ0v) is 14.9. The summed E-state index contributed by atoms with van der Waals surface area (Å²) in [6.45, 7) is 0.130. The van der Waals surface area contributed by atoms with Crippen molar-refractivity contribution in [3.05, 3.63) is 48.0 Å². The van der Waals surface area contributed by atoms with E-state index in [1.165, 1.54) is 12.1 Å². The number of ether oxygens (including phenoxy) is 2. The molecule has 1 aliphatic rings. The molecule has 5 rings (SSSR count). The number of anilines is 1. The van der Waals surface area contributed by atoms with Crippen LogP contribution in [0.15, 0.2) is 47.0 Å². The molecule has 0 saturated heterocycles. The molecule has 0 spiro atoms. The third-order valence-electron chi connectivity index (χ3n) is 4.38. The second-order valence-electron chi connectivity index (χ2n) is 6.27. The maximum atomic E-state index is 13.0.